The van der Waals surface area contributed by atoms with Crippen molar-refractivity contribution in [2.75, 3.05) is 18.4 Å². The molecule has 0 saturated carbocycles. The van der Waals surface area contributed by atoms with E-state index in [1.807, 2.05) is 0 Å². The lowest BCUT2D eigenvalue weighted by Crippen LogP contribution is -2.21. The quantitative estimate of drug-likeness (QED) is 0.837. The molecule has 2 atom stereocenters. The first kappa shape index (κ1) is 14.8. The molecule has 0 aliphatic carbocycles. The molecule has 2 heterocycles. The second-order valence-electron chi connectivity index (χ2n) is 7.19. The van der Waals surface area contributed by atoms with E-state index in [2.05, 4.69) is 66.9 Å². The Morgan fingerprint density at radius 3 is 2.57 bits per heavy atom. The van der Waals surface area contributed by atoms with Crippen LogP contribution in [0.4, 0.5) is 5.69 Å². The number of fused-ring (bicyclic) bond motifs is 3. The predicted octanol–water partition coefficient (Wildman–Crippen LogP) is 4.74. The van der Waals surface area contributed by atoms with Crippen LogP contribution in [0.15, 0.2) is 42.5 Å². The van der Waals surface area contributed by atoms with Crippen molar-refractivity contribution in [1.29, 1.82) is 0 Å². The fourth-order valence-corrected chi connectivity index (χ4v) is 4.33. The Morgan fingerprint density at radius 1 is 0.913 bits per heavy atom. The van der Waals surface area contributed by atoms with Crippen molar-refractivity contribution in [2.45, 2.75) is 44.6 Å². The van der Waals surface area contributed by atoms with E-state index in [9.17, 15) is 0 Å². The van der Waals surface area contributed by atoms with Gasteiger partial charge in [0.2, 0.25) is 0 Å². The van der Waals surface area contributed by atoms with Crippen LogP contribution in [-0.2, 0) is 0 Å². The Labute approximate surface area is 139 Å². The minimum absolute atomic E-state index is 0.544. The van der Waals surface area contributed by atoms with Crippen molar-refractivity contribution < 1.29 is 0 Å². The molecule has 1 saturated heterocycles. The number of anilines is 1. The van der Waals surface area contributed by atoms with E-state index in [-0.39, 0.29) is 0 Å². The Balaban J connectivity index is 1.85. The molecule has 0 unspecified atom stereocenters. The normalized spacial score (nSPS) is 23.1. The molecular weight excluding hydrogens is 280 g/mol. The van der Waals surface area contributed by atoms with Gasteiger partial charge in [0.1, 0.15) is 0 Å². The van der Waals surface area contributed by atoms with Gasteiger partial charge in [-0.1, -0.05) is 50.2 Å². The molecule has 2 nitrogen and oxygen atoms in total. The number of nitrogens with one attached hydrogen (secondary N) is 2. The van der Waals surface area contributed by atoms with Gasteiger partial charge in [-0.15, -0.1) is 0 Å². The topological polar surface area (TPSA) is 24.1 Å². The molecule has 2 aliphatic heterocycles. The molecule has 2 N–H and O–H groups in total. The summed E-state index contributed by atoms with van der Waals surface area (Å²) in [6.45, 7) is 6.83. The van der Waals surface area contributed by atoms with Crippen molar-refractivity contribution in [1.82, 2.24) is 5.32 Å². The molecule has 0 aromatic heterocycles. The molecule has 1 fully saturated rings. The Kier molecular flexibility index (Phi) is 3.86. The van der Waals surface area contributed by atoms with Crippen LogP contribution in [0.2, 0.25) is 0 Å². The van der Waals surface area contributed by atoms with Gasteiger partial charge >= 0.3 is 0 Å². The SMILES string of the molecule is CC(C)c1ccccc1-c1cccc2c1[C@H]1CCNCC[C@@H]1N2. The fraction of sp³-hybridized carbons (Fsp3) is 0.429. The van der Waals surface area contributed by atoms with E-state index >= 15 is 0 Å². The molecule has 0 radical (unpaired) electrons. The molecule has 0 bridgehead atoms. The molecule has 2 aromatic carbocycles. The smallest absolute Gasteiger partial charge is 0.0384 e. The Morgan fingerprint density at radius 2 is 1.70 bits per heavy atom. The van der Waals surface area contributed by atoms with Crippen LogP contribution in [0.5, 0.6) is 0 Å². The van der Waals surface area contributed by atoms with E-state index in [0.717, 1.165) is 13.1 Å². The zero-order valence-corrected chi connectivity index (χ0v) is 14.1. The van der Waals surface area contributed by atoms with E-state index in [4.69, 9.17) is 0 Å². The summed E-state index contributed by atoms with van der Waals surface area (Å²) < 4.78 is 0. The maximum absolute atomic E-state index is 3.80. The summed E-state index contributed by atoms with van der Waals surface area (Å²) in [5, 5.41) is 7.35. The van der Waals surface area contributed by atoms with Crippen LogP contribution in [-0.4, -0.2) is 19.1 Å². The molecule has 4 rings (SSSR count). The van der Waals surface area contributed by atoms with Gasteiger partial charge in [0.05, 0.1) is 0 Å². The maximum atomic E-state index is 3.80. The molecule has 0 spiro atoms. The van der Waals surface area contributed by atoms with Gasteiger partial charge in [0.25, 0.3) is 0 Å². The lowest BCUT2D eigenvalue weighted by Gasteiger charge is -2.20. The van der Waals surface area contributed by atoms with Gasteiger partial charge in [-0.05, 0) is 60.2 Å². The number of hydrogen-bond donors (Lipinski definition) is 2. The molecule has 2 heteroatoms. The molecule has 120 valence electrons. The molecule has 2 aromatic rings. The van der Waals surface area contributed by atoms with Crippen molar-refractivity contribution >= 4 is 5.69 Å². The fourth-order valence-electron chi connectivity index (χ4n) is 4.33. The van der Waals surface area contributed by atoms with E-state index in [1.165, 1.54) is 35.2 Å². The van der Waals surface area contributed by atoms with E-state index in [1.54, 1.807) is 5.56 Å². The average molecular weight is 306 g/mol. The largest absolute Gasteiger partial charge is 0.381 e. The molecule has 2 aliphatic rings. The summed E-state index contributed by atoms with van der Waals surface area (Å²) in [5.74, 6) is 1.18. The van der Waals surface area contributed by atoms with Crippen LogP contribution < -0.4 is 10.6 Å². The van der Waals surface area contributed by atoms with Gasteiger partial charge in [0.15, 0.2) is 0 Å². The monoisotopic (exact) mass is 306 g/mol. The lowest BCUT2D eigenvalue weighted by molar-refractivity contribution is 0.579. The predicted molar refractivity (Wildman–Crippen MR) is 98.2 cm³/mol. The Bertz CT molecular complexity index is 705. The van der Waals surface area contributed by atoms with Crippen molar-refractivity contribution in [3.63, 3.8) is 0 Å². The number of benzene rings is 2. The number of hydrogen-bond acceptors (Lipinski definition) is 2. The van der Waals surface area contributed by atoms with Gasteiger partial charge in [-0.25, -0.2) is 0 Å². The van der Waals surface area contributed by atoms with Crippen LogP contribution in [0.3, 0.4) is 0 Å². The van der Waals surface area contributed by atoms with Crippen molar-refractivity contribution in [2.24, 2.45) is 0 Å². The van der Waals surface area contributed by atoms with Gasteiger partial charge in [-0.2, -0.15) is 0 Å². The third-order valence-electron chi connectivity index (χ3n) is 5.44. The molecular formula is C21H26N2. The van der Waals surface area contributed by atoms with Crippen molar-refractivity contribution in [3.05, 3.63) is 53.6 Å². The highest BCUT2D eigenvalue weighted by atomic mass is 15.0. The summed E-state index contributed by atoms with van der Waals surface area (Å²) in [4.78, 5) is 0. The van der Waals surface area contributed by atoms with Crippen LogP contribution in [0.25, 0.3) is 11.1 Å². The maximum Gasteiger partial charge on any atom is 0.0384 e. The van der Waals surface area contributed by atoms with Gasteiger partial charge < -0.3 is 10.6 Å². The van der Waals surface area contributed by atoms with Gasteiger partial charge in [-0.3, -0.25) is 0 Å². The third kappa shape index (κ3) is 2.55. The summed E-state index contributed by atoms with van der Waals surface area (Å²) in [7, 11) is 0. The van der Waals surface area contributed by atoms with Crippen molar-refractivity contribution in [3.8, 4) is 11.1 Å². The standard InChI is InChI=1S/C21H26N2/c1-14(2)15-6-3-4-7-16(15)17-8-5-9-20-21(17)18-10-12-22-13-11-19(18)23-20/h3-9,14,18-19,22-23H,10-13H2,1-2H3/t18-,19-/m0/s1. The average Bonchev–Trinajstić information content (AvgIpc) is 2.76. The highest BCUT2D eigenvalue weighted by molar-refractivity contribution is 5.79. The molecule has 23 heavy (non-hydrogen) atoms. The molecule has 0 amide bonds. The minimum atomic E-state index is 0.544. The zero-order valence-electron chi connectivity index (χ0n) is 14.1. The van der Waals surface area contributed by atoms with Crippen LogP contribution in [0, 0.1) is 0 Å². The third-order valence-corrected chi connectivity index (χ3v) is 5.44. The first-order chi connectivity index (χ1) is 11.3. The highest BCUT2D eigenvalue weighted by Gasteiger charge is 2.34. The summed E-state index contributed by atoms with van der Waals surface area (Å²) >= 11 is 0. The Hall–Kier alpha value is -1.80. The summed E-state index contributed by atoms with van der Waals surface area (Å²) in [6.07, 6.45) is 2.44. The summed E-state index contributed by atoms with van der Waals surface area (Å²) in [6, 6.07) is 16.3. The van der Waals surface area contributed by atoms with E-state index in [0.29, 0.717) is 17.9 Å². The first-order valence-electron chi connectivity index (χ1n) is 8.95. The lowest BCUT2D eigenvalue weighted by atomic mass is 9.83. The highest BCUT2D eigenvalue weighted by Crippen LogP contribution is 2.46. The summed E-state index contributed by atoms with van der Waals surface area (Å²) in [5.41, 5.74) is 7.22. The van der Waals surface area contributed by atoms with Crippen LogP contribution >= 0.6 is 0 Å². The number of rotatable bonds is 2. The van der Waals surface area contributed by atoms with Gasteiger partial charge in [0, 0.05) is 17.6 Å². The minimum Gasteiger partial charge on any atom is -0.381 e. The first-order valence-corrected chi connectivity index (χ1v) is 8.95. The second-order valence-corrected chi connectivity index (χ2v) is 7.19. The zero-order chi connectivity index (χ0) is 15.8. The second kappa shape index (κ2) is 6.01. The van der Waals surface area contributed by atoms with Crippen LogP contribution in [0.1, 0.15) is 49.7 Å². The van der Waals surface area contributed by atoms with E-state index < -0.39 is 0 Å².